The van der Waals surface area contributed by atoms with Crippen LogP contribution in [-0.2, 0) is 17.8 Å². The number of carbonyl (C=O) groups is 1. The Morgan fingerprint density at radius 1 is 1.12 bits per heavy atom. The minimum atomic E-state index is -0.277. The Morgan fingerprint density at radius 3 is 2.35 bits per heavy atom. The van der Waals surface area contributed by atoms with Crippen molar-refractivity contribution in [1.29, 1.82) is 0 Å². The second-order valence-electron chi connectivity index (χ2n) is 6.26. The van der Waals surface area contributed by atoms with Crippen molar-refractivity contribution in [3.05, 3.63) is 59.2 Å². The minimum Gasteiger partial charge on any atom is -0.493 e. The van der Waals surface area contributed by atoms with Crippen LogP contribution in [0, 0.1) is 0 Å². The Labute approximate surface area is 160 Å². The molecule has 1 amide bonds. The Hall–Kier alpha value is -2.24. The third kappa shape index (κ3) is 4.29. The van der Waals surface area contributed by atoms with E-state index >= 15 is 0 Å². The highest BCUT2D eigenvalue weighted by atomic mass is 35.5. The van der Waals surface area contributed by atoms with Crippen LogP contribution in [0.5, 0.6) is 11.5 Å². The lowest BCUT2D eigenvalue weighted by Crippen LogP contribution is -2.37. The highest BCUT2D eigenvalue weighted by molar-refractivity contribution is 5.85. The molecule has 2 N–H and O–H groups in total. The van der Waals surface area contributed by atoms with Crippen LogP contribution in [0.4, 0.5) is 0 Å². The number of nitrogens with two attached hydrogens (primary N) is 1. The summed E-state index contributed by atoms with van der Waals surface area (Å²) in [6, 6.07) is 13.4. The Balaban J connectivity index is 0.00000243. The molecule has 1 atom stereocenters. The van der Waals surface area contributed by atoms with Crippen LogP contribution in [0.1, 0.15) is 29.2 Å². The number of rotatable bonds is 5. The lowest BCUT2D eigenvalue weighted by molar-refractivity contribution is -0.132. The number of carbonyl (C=O) groups excluding carboxylic acids is 1. The smallest absolute Gasteiger partial charge is 0.224 e. The summed E-state index contributed by atoms with van der Waals surface area (Å²) in [4.78, 5) is 14.5. The maximum atomic E-state index is 12.7. The normalized spacial score (nSPS) is 14.0. The molecule has 0 saturated carbocycles. The number of ether oxygens (including phenoxy) is 2. The second kappa shape index (κ2) is 8.92. The maximum Gasteiger partial charge on any atom is 0.224 e. The van der Waals surface area contributed by atoms with E-state index in [0.29, 0.717) is 25.3 Å². The Kier molecular flexibility index (Phi) is 6.89. The first kappa shape index (κ1) is 20.1. The lowest BCUT2D eigenvalue weighted by Gasteiger charge is -2.30. The topological polar surface area (TPSA) is 64.8 Å². The molecule has 140 valence electrons. The van der Waals surface area contributed by atoms with E-state index in [0.717, 1.165) is 23.3 Å². The van der Waals surface area contributed by atoms with Crippen molar-refractivity contribution in [2.24, 2.45) is 5.73 Å². The average molecular weight is 377 g/mol. The number of hydrogen-bond donors (Lipinski definition) is 1. The van der Waals surface area contributed by atoms with Gasteiger partial charge < -0.3 is 20.1 Å². The molecule has 0 fully saturated rings. The Bertz CT molecular complexity index is 752. The molecule has 0 aliphatic carbocycles. The van der Waals surface area contributed by atoms with E-state index < -0.39 is 0 Å². The number of amides is 1. The van der Waals surface area contributed by atoms with Crippen molar-refractivity contribution >= 4 is 18.3 Å². The summed E-state index contributed by atoms with van der Waals surface area (Å²) >= 11 is 0. The van der Waals surface area contributed by atoms with Gasteiger partial charge in [-0.25, -0.2) is 0 Å². The zero-order valence-corrected chi connectivity index (χ0v) is 15.9. The predicted octanol–water partition coefficient (Wildman–Crippen LogP) is 3.10. The van der Waals surface area contributed by atoms with E-state index in [1.807, 2.05) is 47.4 Å². The molecular weight excluding hydrogens is 352 g/mol. The quantitative estimate of drug-likeness (QED) is 0.870. The van der Waals surface area contributed by atoms with E-state index in [4.69, 9.17) is 15.2 Å². The van der Waals surface area contributed by atoms with Gasteiger partial charge >= 0.3 is 0 Å². The molecule has 6 heteroatoms. The van der Waals surface area contributed by atoms with Gasteiger partial charge in [-0.2, -0.15) is 0 Å². The molecule has 1 unspecified atom stereocenters. The molecule has 26 heavy (non-hydrogen) atoms. The van der Waals surface area contributed by atoms with Crippen molar-refractivity contribution in [2.45, 2.75) is 25.4 Å². The van der Waals surface area contributed by atoms with Gasteiger partial charge in [0.2, 0.25) is 5.91 Å². The fraction of sp³-hybridized carbons (Fsp3) is 0.350. The number of halogens is 1. The van der Waals surface area contributed by atoms with Gasteiger partial charge in [0.1, 0.15) is 0 Å². The standard InChI is InChI=1S/C20H24N2O3.ClH/c1-24-18-10-15-8-9-22(13-16(15)11-19(18)25-2)20(23)12-17(21)14-6-4-3-5-7-14;/h3-7,10-11,17H,8-9,12-13,21H2,1-2H3;1H. The van der Waals surface area contributed by atoms with Crippen LogP contribution >= 0.6 is 12.4 Å². The van der Waals surface area contributed by atoms with Gasteiger partial charge in [-0.1, -0.05) is 30.3 Å². The summed E-state index contributed by atoms with van der Waals surface area (Å²) in [5, 5.41) is 0. The summed E-state index contributed by atoms with van der Waals surface area (Å²) in [7, 11) is 3.25. The van der Waals surface area contributed by atoms with E-state index in [-0.39, 0.29) is 24.4 Å². The fourth-order valence-electron chi connectivity index (χ4n) is 3.23. The van der Waals surface area contributed by atoms with Crippen molar-refractivity contribution in [1.82, 2.24) is 4.90 Å². The van der Waals surface area contributed by atoms with Gasteiger partial charge in [-0.3, -0.25) is 4.79 Å². The zero-order chi connectivity index (χ0) is 17.8. The highest BCUT2D eigenvalue weighted by Crippen LogP contribution is 2.33. The molecule has 5 nitrogen and oxygen atoms in total. The first-order chi connectivity index (χ1) is 12.1. The molecule has 0 aromatic heterocycles. The van der Waals surface area contributed by atoms with Crippen LogP contribution in [0.15, 0.2) is 42.5 Å². The predicted molar refractivity (Wildman–Crippen MR) is 104 cm³/mol. The second-order valence-corrected chi connectivity index (χ2v) is 6.26. The number of nitrogens with zero attached hydrogens (tertiary/aromatic N) is 1. The lowest BCUT2D eigenvalue weighted by atomic mass is 9.97. The summed E-state index contributed by atoms with van der Waals surface area (Å²) < 4.78 is 10.7. The SMILES string of the molecule is COc1cc2c(cc1OC)CN(C(=O)CC(N)c1ccccc1)CC2.Cl. The maximum absolute atomic E-state index is 12.7. The van der Waals surface area contributed by atoms with Gasteiger partial charge in [0, 0.05) is 25.6 Å². The van der Waals surface area contributed by atoms with Crippen molar-refractivity contribution in [3.63, 3.8) is 0 Å². The molecular formula is C20H25ClN2O3. The van der Waals surface area contributed by atoms with Gasteiger partial charge in [0.15, 0.2) is 11.5 Å². The molecule has 1 aliphatic heterocycles. The first-order valence-electron chi connectivity index (χ1n) is 8.44. The minimum absolute atomic E-state index is 0. The van der Waals surface area contributed by atoms with Crippen LogP contribution < -0.4 is 15.2 Å². The first-order valence-corrected chi connectivity index (χ1v) is 8.44. The van der Waals surface area contributed by atoms with Crippen LogP contribution in [0.25, 0.3) is 0 Å². The Morgan fingerprint density at radius 2 is 1.73 bits per heavy atom. The number of hydrogen-bond acceptors (Lipinski definition) is 4. The number of methoxy groups -OCH3 is 2. The molecule has 0 bridgehead atoms. The molecule has 2 aromatic carbocycles. The molecule has 1 heterocycles. The zero-order valence-electron chi connectivity index (χ0n) is 15.1. The molecule has 0 saturated heterocycles. The third-order valence-electron chi connectivity index (χ3n) is 4.69. The highest BCUT2D eigenvalue weighted by Gasteiger charge is 2.24. The van der Waals surface area contributed by atoms with Crippen LogP contribution in [0.2, 0.25) is 0 Å². The molecule has 0 radical (unpaired) electrons. The summed E-state index contributed by atoms with van der Waals surface area (Å²) in [6.45, 7) is 1.28. The van der Waals surface area contributed by atoms with Gasteiger partial charge in [-0.15, -0.1) is 12.4 Å². The van der Waals surface area contributed by atoms with Crippen molar-refractivity contribution < 1.29 is 14.3 Å². The monoisotopic (exact) mass is 376 g/mol. The molecule has 0 spiro atoms. The van der Waals surface area contributed by atoms with Crippen LogP contribution in [0.3, 0.4) is 0 Å². The van der Waals surface area contributed by atoms with Crippen molar-refractivity contribution in [2.75, 3.05) is 20.8 Å². The summed E-state index contributed by atoms with van der Waals surface area (Å²) in [5.74, 6) is 1.50. The van der Waals surface area contributed by atoms with E-state index in [1.54, 1.807) is 14.2 Å². The van der Waals surface area contributed by atoms with E-state index in [1.165, 1.54) is 5.56 Å². The van der Waals surface area contributed by atoms with Gasteiger partial charge in [0.25, 0.3) is 0 Å². The molecule has 2 aromatic rings. The number of benzene rings is 2. The average Bonchev–Trinajstić information content (AvgIpc) is 2.66. The van der Waals surface area contributed by atoms with E-state index in [2.05, 4.69) is 0 Å². The van der Waals surface area contributed by atoms with Gasteiger partial charge in [-0.05, 0) is 35.2 Å². The van der Waals surface area contributed by atoms with Gasteiger partial charge in [0.05, 0.1) is 14.2 Å². The summed E-state index contributed by atoms with van der Waals surface area (Å²) in [5.41, 5.74) is 9.49. The molecule has 3 rings (SSSR count). The van der Waals surface area contributed by atoms with Crippen LogP contribution in [-0.4, -0.2) is 31.6 Å². The summed E-state index contributed by atoms with van der Waals surface area (Å²) in [6.07, 6.45) is 1.12. The fourth-order valence-corrected chi connectivity index (χ4v) is 3.23. The van der Waals surface area contributed by atoms with E-state index in [9.17, 15) is 4.79 Å². The molecule has 1 aliphatic rings. The third-order valence-corrected chi connectivity index (χ3v) is 4.69. The van der Waals surface area contributed by atoms with Crippen molar-refractivity contribution in [3.8, 4) is 11.5 Å². The largest absolute Gasteiger partial charge is 0.493 e. The number of fused-ring (bicyclic) bond motifs is 1.